The van der Waals surface area contributed by atoms with E-state index in [4.69, 9.17) is 0 Å². The van der Waals surface area contributed by atoms with Gasteiger partial charge in [0.05, 0.1) is 0 Å². The molecule has 5 nitrogen and oxygen atoms in total. The fourth-order valence-corrected chi connectivity index (χ4v) is 3.62. The maximum Gasteiger partial charge on any atom is 0.331 e. The second-order valence-electron chi connectivity index (χ2n) is 6.54. The van der Waals surface area contributed by atoms with E-state index in [0.29, 0.717) is 24.7 Å². The highest BCUT2D eigenvalue weighted by Gasteiger charge is 2.61. The van der Waals surface area contributed by atoms with Crippen molar-refractivity contribution in [3.63, 3.8) is 0 Å². The lowest BCUT2D eigenvalue weighted by Crippen LogP contribution is -2.68. The average Bonchev–Trinajstić information content (AvgIpc) is 3.15. The van der Waals surface area contributed by atoms with Crippen molar-refractivity contribution in [2.24, 2.45) is 17.3 Å². The van der Waals surface area contributed by atoms with E-state index in [2.05, 4.69) is 5.32 Å². The van der Waals surface area contributed by atoms with Crippen LogP contribution in [0, 0.1) is 17.3 Å². The molecule has 0 unspecified atom stereocenters. The lowest BCUT2D eigenvalue weighted by Gasteiger charge is -2.47. The zero-order valence-corrected chi connectivity index (χ0v) is 10.9. The number of imide groups is 2. The molecule has 102 valence electrons. The molecule has 0 bridgehead atoms. The highest BCUT2D eigenvalue weighted by Crippen LogP contribution is 2.51. The number of rotatable bonds is 3. The normalized spacial score (nSPS) is 29.7. The zero-order valence-electron chi connectivity index (χ0n) is 10.9. The van der Waals surface area contributed by atoms with Gasteiger partial charge >= 0.3 is 6.03 Å². The molecule has 4 amide bonds. The van der Waals surface area contributed by atoms with Gasteiger partial charge in [-0.15, -0.1) is 0 Å². The van der Waals surface area contributed by atoms with E-state index in [1.165, 1.54) is 4.90 Å². The van der Waals surface area contributed by atoms with Crippen molar-refractivity contribution in [2.45, 2.75) is 51.0 Å². The van der Waals surface area contributed by atoms with E-state index in [0.717, 1.165) is 32.1 Å². The average molecular weight is 262 g/mol. The Bertz CT molecular complexity index is 463. The van der Waals surface area contributed by atoms with Crippen molar-refractivity contribution in [1.29, 1.82) is 0 Å². The Morgan fingerprint density at radius 3 is 2.05 bits per heavy atom. The van der Waals surface area contributed by atoms with Gasteiger partial charge in [-0.3, -0.25) is 19.8 Å². The lowest BCUT2D eigenvalue weighted by molar-refractivity contribution is -0.159. The molecule has 3 saturated carbocycles. The first-order valence-electron chi connectivity index (χ1n) is 7.32. The van der Waals surface area contributed by atoms with Crippen LogP contribution >= 0.6 is 0 Å². The summed E-state index contributed by atoms with van der Waals surface area (Å²) >= 11 is 0. The first kappa shape index (κ1) is 11.4. The third-order valence-electron chi connectivity index (χ3n) is 5.22. The number of amides is 4. The van der Waals surface area contributed by atoms with E-state index in [9.17, 15) is 14.4 Å². The summed E-state index contributed by atoms with van der Waals surface area (Å²) in [7, 11) is 0. The molecule has 19 heavy (non-hydrogen) atoms. The van der Waals surface area contributed by atoms with Gasteiger partial charge < -0.3 is 0 Å². The zero-order chi connectivity index (χ0) is 13.2. The molecule has 0 aromatic carbocycles. The first-order valence-corrected chi connectivity index (χ1v) is 7.32. The molecule has 1 aliphatic heterocycles. The molecule has 1 heterocycles. The summed E-state index contributed by atoms with van der Waals surface area (Å²) in [6, 6.07) is -0.422. The molecule has 3 aliphatic carbocycles. The van der Waals surface area contributed by atoms with Crippen LogP contribution in [-0.2, 0) is 9.59 Å². The van der Waals surface area contributed by atoms with E-state index >= 15 is 0 Å². The standard InChI is InChI=1S/C14H18N2O3/c17-11-14(6-1-7-14)12(18)16(13(19)15-11)10(8-2-3-8)9-4-5-9/h8-10H,1-7H2,(H,15,17,19). The monoisotopic (exact) mass is 262 g/mol. The minimum Gasteiger partial charge on any atom is -0.277 e. The summed E-state index contributed by atoms with van der Waals surface area (Å²) in [5.74, 6) is 0.381. The summed E-state index contributed by atoms with van der Waals surface area (Å²) in [5.41, 5.74) is -0.907. The van der Waals surface area contributed by atoms with Gasteiger partial charge in [-0.25, -0.2) is 4.79 Å². The Labute approximate surface area is 111 Å². The fraction of sp³-hybridized carbons (Fsp3) is 0.786. The van der Waals surface area contributed by atoms with E-state index in [-0.39, 0.29) is 17.9 Å². The van der Waals surface area contributed by atoms with Gasteiger partial charge in [0.15, 0.2) is 0 Å². The van der Waals surface area contributed by atoms with Crippen molar-refractivity contribution in [2.75, 3.05) is 0 Å². The Kier molecular flexibility index (Phi) is 2.16. The smallest absolute Gasteiger partial charge is 0.277 e. The minimum absolute atomic E-state index is 0.0538. The number of carbonyl (C=O) groups excluding carboxylic acids is 3. The molecule has 0 radical (unpaired) electrons. The van der Waals surface area contributed by atoms with Gasteiger partial charge in [0.25, 0.3) is 0 Å². The van der Waals surface area contributed by atoms with Crippen LogP contribution < -0.4 is 5.32 Å². The maximum absolute atomic E-state index is 12.7. The fourth-order valence-electron chi connectivity index (χ4n) is 3.62. The van der Waals surface area contributed by atoms with Crippen LogP contribution in [0.3, 0.4) is 0 Å². The minimum atomic E-state index is -0.907. The van der Waals surface area contributed by atoms with Crippen molar-refractivity contribution >= 4 is 17.8 Å². The Morgan fingerprint density at radius 1 is 1.05 bits per heavy atom. The Hall–Kier alpha value is -1.39. The molecule has 1 N–H and O–H groups in total. The van der Waals surface area contributed by atoms with Gasteiger partial charge in [-0.05, 0) is 50.4 Å². The number of urea groups is 1. The van der Waals surface area contributed by atoms with E-state index in [1.807, 2.05) is 0 Å². The van der Waals surface area contributed by atoms with Crippen LogP contribution in [0.1, 0.15) is 44.9 Å². The predicted molar refractivity (Wildman–Crippen MR) is 65.9 cm³/mol. The molecular formula is C14H18N2O3. The van der Waals surface area contributed by atoms with E-state index in [1.54, 1.807) is 0 Å². The highest BCUT2D eigenvalue weighted by atomic mass is 16.2. The number of nitrogens with one attached hydrogen (secondary N) is 1. The third-order valence-corrected chi connectivity index (χ3v) is 5.22. The molecule has 1 saturated heterocycles. The topological polar surface area (TPSA) is 66.5 Å². The van der Waals surface area contributed by atoms with Gasteiger partial charge in [0, 0.05) is 6.04 Å². The number of hydrogen-bond donors (Lipinski definition) is 1. The van der Waals surface area contributed by atoms with Crippen molar-refractivity contribution in [1.82, 2.24) is 10.2 Å². The van der Waals surface area contributed by atoms with E-state index < -0.39 is 11.4 Å². The quantitative estimate of drug-likeness (QED) is 0.782. The molecule has 0 aromatic heterocycles. The molecular weight excluding hydrogens is 244 g/mol. The SMILES string of the molecule is O=C1NC(=O)C2(CCC2)C(=O)N1C(C1CC1)C1CC1. The molecule has 0 aromatic rings. The number of barbiturate groups is 1. The van der Waals surface area contributed by atoms with Crippen LogP contribution in [0.25, 0.3) is 0 Å². The van der Waals surface area contributed by atoms with Crippen LogP contribution in [0.5, 0.6) is 0 Å². The number of carbonyl (C=O) groups is 3. The van der Waals surface area contributed by atoms with Crippen molar-refractivity contribution in [3.8, 4) is 0 Å². The van der Waals surface area contributed by atoms with Gasteiger partial charge in [-0.2, -0.15) is 0 Å². The van der Waals surface area contributed by atoms with Crippen LogP contribution in [0.4, 0.5) is 4.79 Å². The second kappa shape index (κ2) is 3.58. The summed E-state index contributed by atoms with van der Waals surface area (Å²) < 4.78 is 0. The van der Waals surface area contributed by atoms with Gasteiger partial charge in [0.1, 0.15) is 5.41 Å². The second-order valence-corrected chi connectivity index (χ2v) is 6.54. The third kappa shape index (κ3) is 1.50. The van der Waals surface area contributed by atoms with Crippen LogP contribution in [0.15, 0.2) is 0 Å². The summed E-state index contributed by atoms with van der Waals surface area (Å²) in [4.78, 5) is 38.2. The lowest BCUT2D eigenvalue weighted by atomic mass is 9.66. The van der Waals surface area contributed by atoms with Crippen molar-refractivity contribution < 1.29 is 14.4 Å². The molecule has 4 aliphatic rings. The first-order chi connectivity index (χ1) is 9.13. The molecule has 0 atom stereocenters. The maximum atomic E-state index is 12.7. The number of hydrogen-bond acceptors (Lipinski definition) is 3. The van der Waals surface area contributed by atoms with Gasteiger partial charge in [0.2, 0.25) is 11.8 Å². The number of nitrogens with zero attached hydrogens (tertiary/aromatic N) is 1. The molecule has 4 fully saturated rings. The summed E-state index contributed by atoms with van der Waals surface area (Å²) in [6.07, 6.45) is 6.54. The predicted octanol–water partition coefficient (Wildman–Crippen LogP) is 1.42. The van der Waals surface area contributed by atoms with Crippen LogP contribution in [-0.4, -0.2) is 28.8 Å². The van der Waals surface area contributed by atoms with Crippen LogP contribution in [0.2, 0.25) is 0 Å². The highest BCUT2D eigenvalue weighted by molar-refractivity contribution is 6.19. The van der Waals surface area contributed by atoms with Crippen molar-refractivity contribution in [3.05, 3.63) is 0 Å². The largest absolute Gasteiger partial charge is 0.331 e. The Morgan fingerprint density at radius 2 is 1.63 bits per heavy atom. The molecule has 5 heteroatoms. The summed E-state index contributed by atoms with van der Waals surface area (Å²) in [5, 5.41) is 2.43. The molecule has 1 spiro atoms. The summed E-state index contributed by atoms with van der Waals surface area (Å²) in [6.45, 7) is 0. The van der Waals surface area contributed by atoms with Gasteiger partial charge in [-0.1, -0.05) is 6.42 Å². The Balaban J connectivity index is 1.67. The molecule has 4 rings (SSSR count).